The fourth-order valence-corrected chi connectivity index (χ4v) is 4.94. The smallest absolute Gasteiger partial charge is 0.294 e. The van der Waals surface area contributed by atoms with Gasteiger partial charge in [-0.3, -0.25) is 19.3 Å². The van der Waals surface area contributed by atoms with Crippen LogP contribution in [0.5, 0.6) is 11.5 Å². The molecule has 0 spiro atoms. The fourth-order valence-electron chi connectivity index (χ4n) is 3.67. The van der Waals surface area contributed by atoms with Gasteiger partial charge in [-0.2, -0.15) is 0 Å². The van der Waals surface area contributed by atoms with Crippen molar-refractivity contribution in [2.24, 2.45) is 0 Å². The molecule has 1 aliphatic heterocycles. The van der Waals surface area contributed by atoms with Crippen molar-refractivity contribution in [3.63, 3.8) is 0 Å². The third kappa shape index (κ3) is 6.98. The minimum absolute atomic E-state index is 0.213. The van der Waals surface area contributed by atoms with E-state index in [4.69, 9.17) is 21.1 Å². The summed E-state index contributed by atoms with van der Waals surface area (Å²) in [5.74, 6) is 0.0476. The Morgan fingerprint density at radius 2 is 1.89 bits per heavy atom. The number of halogens is 2. The van der Waals surface area contributed by atoms with Crippen LogP contribution in [0.15, 0.2) is 70.0 Å². The van der Waals surface area contributed by atoms with Gasteiger partial charge in [0.25, 0.3) is 11.1 Å². The van der Waals surface area contributed by atoms with Crippen molar-refractivity contribution in [2.45, 2.75) is 20.5 Å². The maximum absolute atomic E-state index is 12.9. The lowest BCUT2D eigenvalue weighted by molar-refractivity contribution is -0.127. The van der Waals surface area contributed by atoms with Crippen LogP contribution in [0.4, 0.5) is 10.5 Å². The Hall–Kier alpha value is -3.27. The van der Waals surface area contributed by atoms with E-state index in [-0.39, 0.29) is 4.91 Å². The molecule has 1 heterocycles. The van der Waals surface area contributed by atoms with Crippen molar-refractivity contribution in [1.82, 2.24) is 4.90 Å². The number of thioether (sulfide) groups is 1. The third-order valence-electron chi connectivity index (χ3n) is 5.42. The number of imide groups is 1. The van der Waals surface area contributed by atoms with E-state index < -0.39 is 23.6 Å². The lowest BCUT2D eigenvalue weighted by Gasteiger charge is -2.13. The molecule has 0 unspecified atom stereocenters. The van der Waals surface area contributed by atoms with Gasteiger partial charge in [-0.05, 0) is 89.1 Å². The van der Waals surface area contributed by atoms with Crippen molar-refractivity contribution in [3.8, 4) is 11.5 Å². The van der Waals surface area contributed by atoms with Gasteiger partial charge >= 0.3 is 0 Å². The van der Waals surface area contributed by atoms with E-state index in [1.54, 1.807) is 42.5 Å². The highest BCUT2D eigenvalue weighted by Gasteiger charge is 2.36. The van der Waals surface area contributed by atoms with Crippen molar-refractivity contribution < 1.29 is 23.9 Å². The van der Waals surface area contributed by atoms with Crippen molar-refractivity contribution >= 4 is 68.1 Å². The van der Waals surface area contributed by atoms with Crippen LogP contribution < -0.4 is 14.8 Å². The van der Waals surface area contributed by atoms with Crippen molar-refractivity contribution in [3.05, 3.63) is 91.8 Å². The van der Waals surface area contributed by atoms with E-state index in [0.717, 1.165) is 27.8 Å². The largest absolute Gasteiger partial charge is 0.490 e. The van der Waals surface area contributed by atoms with Gasteiger partial charge in [0.15, 0.2) is 11.5 Å². The molecule has 196 valence electrons. The predicted octanol–water partition coefficient (Wildman–Crippen LogP) is 7.06. The summed E-state index contributed by atoms with van der Waals surface area (Å²) in [6.07, 6.45) is 1.60. The average Bonchev–Trinajstić information content (AvgIpc) is 3.13. The zero-order valence-corrected chi connectivity index (χ0v) is 23.8. The van der Waals surface area contributed by atoms with Gasteiger partial charge in [0.05, 0.1) is 16.5 Å². The first-order chi connectivity index (χ1) is 18.2. The second-order valence-corrected chi connectivity index (χ2v) is 10.6. The summed E-state index contributed by atoms with van der Waals surface area (Å²) < 4.78 is 12.4. The van der Waals surface area contributed by atoms with Crippen LogP contribution in [0.2, 0.25) is 5.02 Å². The predicted molar refractivity (Wildman–Crippen MR) is 154 cm³/mol. The van der Waals surface area contributed by atoms with Crippen molar-refractivity contribution in [2.75, 3.05) is 18.5 Å². The molecule has 0 aliphatic carbocycles. The molecule has 1 saturated heterocycles. The van der Waals surface area contributed by atoms with E-state index in [2.05, 4.69) is 27.3 Å². The fraction of sp³-hybridized carbons (Fsp3) is 0.179. The second-order valence-electron chi connectivity index (χ2n) is 8.36. The molecule has 3 aromatic rings. The Balaban J connectivity index is 1.44. The lowest BCUT2D eigenvalue weighted by atomic mass is 10.1. The van der Waals surface area contributed by atoms with Gasteiger partial charge in [-0.15, -0.1) is 0 Å². The molecule has 0 bridgehead atoms. The number of aryl methyl sites for hydroxylation is 1. The molecule has 4 rings (SSSR count). The molecule has 38 heavy (non-hydrogen) atoms. The first-order valence-electron chi connectivity index (χ1n) is 11.7. The van der Waals surface area contributed by atoms with Gasteiger partial charge in [0.2, 0.25) is 5.91 Å². The Bertz CT molecular complexity index is 1430. The Morgan fingerprint density at radius 1 is 1.08 bits per heavy atom. The number of rotatable bonds is 9. The van der Waals surface area contributed by atoms with Gasteiger partial charge in [0.1, 0.15) is 13.2 Å². The van der Waals surface area contributed by atoms with Crippen LogP contribution >= 0.6 is 39.3 Å². The molecule has 0 radical (unpaired) electrons. The maximum atomic E-state index is 12.9. The molecular formula is C28H24BrClN2O5S. The van der Waals surface area contributed by atoms with Gasteiger partial charge in [0, 0.05) is 10.2 Å². The number of nitrogens with one attached hydrogen (secondary N) is 1. The maximum Gasteiger partial charge on any atom is 0.294 e. The number of nitrogens with zero attached hydrogens (tertiary/aromatic N) is 1. The minimum Gasteiger partial charge on any atom is -0.490 e. The van der Waals surface area contributed by atoms with Gasteiger partial charge in [-0.25, -0.2) is 0 Å². The summed E-state index contributed by atoms with van der Waals surface area (Å²) in [4.78, 5) is 39.1. The zero-order valence-electron chi connectivity index (χ0n) is 20.6. The molecule has 3 amide bonds. The van der Waals surface area contributed by atoms with Crippen LogP contribution in [0.1, 0.15) is 23.6 Å². The quantitative estimate of drug-likeness (QED) is 0.259. The molecule has 0 saturated carbocycles. The highest BCUT2D eigenvalue weighted by Crippen LogP contribution is 2.35. The standard InChI is InChI=1S/C28H24BrClN2O5S/c1-3-36-24-12-18(7-10-23(24)37-16-19-6-4-5-17(2)11-19)13-25-27(34)32(28(35)38-25)15-26(33)31-20-8-9-21(29)22(30)14-20/h4-14H,3,15-16H2,1-2H3,(H,31,33)/b25-13-. The number of hydrogen-bond donors (Lipinski definition) is 1. The first kappa shape index (κ1) is 27.8. The van der Waals surface area contributed by atoms with Gasteiger partial charge < -0.3 is 14.8 Å². The van der Waals surface area contributed by atoms with Crippen molar-refractivity contribution in [1.29, 1.82) is 0 Å². The summed E-state index contributed by atoms with van der Waals surface area (Å²) in [7, 11) is 0. The molecule has 0 aromatic heterocycles. The monoisotopic (exact) mass is 614 g/mol. The highest BCUT2D eigenvalue weighted by atomic mass is 79.9. The van der Waals surface area contributed by atoms with E-state index in [0.29, 0.717) is 45.5 Å². The average molecular weight is 616 g/mol. The Morgan fingerprint density at radius 3 is 2.63 bits per heavy atom. The molecule has 1 N–H and O–H groups in total. The number of benzene rings is 3. The first-order valence-corrected chi connectivity index (χ1v) is 13.7. The van der Waals surface area contributed by atoms with Crippen LogP contribution in [-0.2, 0) is 16.2 Å². The number of carbonyl (C=O) groups excluding carboxylic acids is 3. The molecule has 0 atom stereocenters. The number of hydrogen-bond acceptors (Lipinski definition) is 6. The normalized spacial score (nSPS) is 14.2. The molecule has 3 aromatic carbocycles. The minimum atomic E-state index is -0.540. The highest BCUT2D eigenvalue weighted by molar-refractivity contribution is 9.10. The van der Waals surface area contributed by atoms with E-state index in [1.807, 2.05) is 32.0 Å². The van der Waals surface area contributed by atoms with E-state index in [1.165, 1.54) is 0 Å². The Kier molecular flexibility index (Phi) is 9.14. The Labute approximate surface area is 238 Å². The van der Waals surface area contributed by atoms with Crippen LogP contribution in [0.25, 0.3) is 6.08 Å². The number of anilines is 1. The molecule has 7 nitrogen and oxygen atoms in total. The summed E-state index contributed by atoms with van der Waals surface area (Å²) in [6, 6.07) is 18.3. The van der Waals surface area contributed by atoms with E-state index in [9.17, 15) is 14.4 Å². The number of carbonyl (C=O) groups is 3. The summed E-state index contributed by atoms with van der Waals surface area (Å²) in [5.41, 5.74) is 3.31. The summed E-state index contributed by atoms with van der Waals surface area (Å²) in [6.45, 7) is 4.30. The van der Waals surface area contributed by atoms with Crippen LogP contribution in [0, 0.1) is 6.92 Å². The molecule has 1 fully saturated rings. The van der Waals surface area contributed by atoms with Crippen LogP contribution in [0.3, 0.4) is 0 Å². The third-order valence-corrected chi connectivity index (χ3v) is 7.56. The topological polar surface area (TPSA) is 84.9 Å². The summed E-state index contributed by atoms with van der Waals surface area (Å²) >= 11 is 10.1. The second kappa shape index (κ2) is 12.5. The molecule has 1 aliphatic rings. The number of amides is 3. The molecule has 10 heteroatoms. The molecular weight excluding hydrogens is 592 g/mol. The lowest BCUT2D eigenvalue weighted by Crippen LogP contribution is -2.36. The van der Waals surface area contributed by atoms with E-state index >= 15 is 0 Å². The summed E-state index contributed by atoms with van der Waals surface area (Å²) in [5, 5.41) is 2.55. The van der Waals surface area contributed by atoms with Crippen LogP contribution in [-0.4, -0.2) is 35.1 Å². The SMILES string of the molecule is CCOc1cc(/C=C2\SC(=O)N(CC(=O)Nc3ccc(Br)c(Cl)c3)C2=O)ccc1OCc1cccc(C)c1. The number of ether oxygens (including phenoxy) is 2. The zero-order chi connectivity index (χ0) is 27.2. The van der Waals surface area contributed by atoms with Gasteiger partial charge in [-0.1, -0.05) is 47.5 Å².